The van der Waals surface area contributed by atoms with E-state index in [4.69, 9.17) is 9.47 Å². The van der Waals surface area contributed by atoms with E-state index in [2.05, 4.69) is 10.2 Å². The van der Waals surface area contributed by atoms with Gasteiger partial charge in [-0.15, -0.1) is 0 Å². The maximum atomic E-state index is 13.1. The summed E-state index contributed by atoms with van der Waals surface area (Å²) in [6, 6.07) is 6.77. The molecule has 0 spiro atoms. The third-order valence-electron chi connectivity index (χ3n) is 5.21. The molecule has 0 bridgehead atoms. The van der Waals surface area contributed by atoms with Crippen molar-refractivity contribution < 1.29 is 22.7 Å². The molecular formula is C20H25N3O5S2. The fourth-order valence-electron chi connectivity index (χ4n) is 3.54. The predicted octanol–water partition coefficient (Wildman–Crippen LogP) is 1.54. The van der Waals surface area contributed by atoms with Crippen LogP contribution in [-0.4, -0.2) is 71.2 Å². The average molecular weight is 452 g/mol. The third kappa shape index (κ3) is 4.68. The second-order valence-corrected chi connectivity index (χ2v) is 9.83. The van der Waals surface area contributed by atoms with Crippen molar-refractivity contribution in [2.75, 3.05) is 57.5 Å². The van der Waals surface area contributed by atoms with Gasteiger partial charge in [-0.25, -0.2) is 8.42 Å². The standard InChI is InChI=1S/C20H25N3O5S2/c24-20(21-14-16-3-12-29-15-16)18-13-17(30(25,26)23-6-10-28-11-7-23)1-2-19(18)22-4-8-27-9-5-22/h1-3,12-13,15H,4-11,14H2,(H,21,24). The van der Waals surface area contributed by atoms with Crippen molar-refractivity contribution in [2.24, 2.45) is 0 Å². The molecule has 2 fully saturated rings. The first-order valence-electron chi connectivity index (χ1n) is 9.89. The minimum atomic E-state index is -3.69. The number of nitrogens with one attached hydrogen (secondary N) is 1. The highest BCUT2D eigenvalue weighted by Crippen LogP contribution is 2.27. The molecule has 2 aliphatic heterocycles. The molecule has 0 saturated carbocycles. The number of hydrogen-bond donors (Lipinski definition) is 1. The molecule has 0 unspecified atom stereocenters. The first-order valence-corrected chi connectivity index (χ1v) is 12.3. The van der Waals surface area contributed by atoms with E-state index in [9.17, 15) is 13.2 Å². The highest BCUT2D eigenvalue weighted by Gasteiger charge is 2.29. The molecular weight excluding hydrogens is 426 g/mol. The molecule has 3 heterocycles. The van der Waals surface area contributed by atoms with Gasteiger partial charge in [0.25, 0.3) is 5.91 Å². The summed E-state index contributed by atoms with van der Waals surface area (Å²) in [6.45, 7) is 4.22. The zero-order chi connectivity index (χ0) is 21.0. The Kier molecular flexibility index (Phi) is 6.69. The van der Waals surface area contributed by atoms with Crippen LogP contribution >= 0.6 is 11.3 Å². The van der Waals surface area contributed by atoms with Gasteiger partial charge in [0.2, 0.25) is 10.0 Å². The molecule has 2 saturated heterocycles. The lowest BCUT2D eigenvalue weighted by molar-refractivity contribution is 0.0730. The Bertz CT molecular complexity index is 966. The molecule has 1 N–H and O–H groups in total. The topological polar surface area (TPSA) is 88.2 Å². The van der Waals surface area contributed by atoms with E-state index in [1.165, 1.54) is 10.4 Å². The lowest BCUT2D eigenvalue weighted by atomic mass is 10.1. The largest absolute Gasteiger partial charge is 0.379 e. The van der Waals surface area contributed by atoms with Crippen molar-refractivity contribution in [3.63, 3.8) is 0 Å². The normalized spacial score (nSPS) is 18.3. The van der Waals surface area contributed by atoms with E-state index in [1.54, 1.807) is 23.5 Å². The van der Waals surface area contributed by atoms with Crippen molar-refractivity contribution in [1.29, 1.82) is 0 Å². The first-order chi connectivity index (χ1) is 14.6. The number of sulfonamides is 1. The van der Waals surface area contributed by atoms with Crippen LogP contribution in [0.1, 0.15) is 15.9 Å². The van der Waals surface area contributed by atoms with Crippen LogP contribution in [0, 0.1) is 0 Å². The summed E-state index contributed by atoms with van der Waals surface area (Å²) in [6.07, 6.45) is 0. The summed E-state index contributed by atoms with van der Waals surface area (Å²) in [5, 5.41) is 6.85. The minimum Gasteiger partial charge on any atom is -0.379 e. The van der Waals surface area contributed by atoms with Crippen LogP contribution in [0.3, 0.4) is 0 Å². The second-order valence-electron chi connectivity index (χ2n) is 7.11. The number of carbonyl (C=O) groups is 1. The highest BCUT2D eigenvalue weighted by atomic mass is 32.2. The maximum absolute atomic E-state index is 13.1. The zero-order valence-corrected chi connectivity index (χ0v) is 18.2. The highest BCUT2D eigenvalue weighted by molar-refractivity contribution is 7.89. The number of rotatable bonds is 6. The number of ether oxygens (including phenoxy) is 2. The Hall–Kier alpha value is -1.98. The Morgan fingerprint density at radius 2 is 1.73 bits per heavy atom. The van der Waals surface area contributed by atoms with Crippen molar-refractivity contribution in [3.05, 3.63) is 46.2 Å². The Balaban J connectivity index is 1.64. The van der Waals surface area contributed by atoms with Gasteiger partial charge < -0.3 is 19.7 Å². The number of hydrogen-bond acceptors (Lipinski definition) is 7. The smallest absolute Gasteiger partial charge is 0.253 e. The molecule has 1 aromatic heterocycles. The average Bonchev–Trinajstić information content (AvgIpc) is 3.32. The van der Waals surface area contributed by atoms with E-state index < -0.39 is 10.0 Å². The summed E-state index contributed by atoms with van der Waals surface area (Å²) < 4.78 is 38.3. The van der Waals surface area contributed by atoms with E-state index in [1.807, 2.05) is 16.8 Å². The van der Waals surface area contributed by atoms with Gasteiger partial charge in [-0.3, -0.25) is 4.79 Å². The number of amides is 1. The molecule has 0 atom stereocenters. The fraction of sp³-hybridized carbons (Fsp3) is 0.450. The van der Waals surface area contributed by atoms with Crippen LogP contribution in [0.5, 0.6) is 0 Å². The summed E-state index contributed by atoms with van der Waals surface area (Å²) >= 11 is 1.57. The molecule has 1 amide bonds. The van der Waals surface area contributed by atoms with Gasteiger partial charge in [-0.05, 0) is 40.6 Å². The number of morpholine rings is 2. The van der Waals surface area contributed by atoms with Crippen molar-refractivity contribution in [3.8, 4) is 0 Å². The van der Waals surface area contributed by atoms with Crippen molar-refractivity contribution in [2.45, 2.75) is 11.4 Å². The quantitative estimate of drug-likeness (QED) is 0.717. The minimum absolute atomic E-state index is 0.127. The molecule has 10 heteroatoms. The van der Waals surface area contributed by atoms with Crippen LogP contribution < -0.4 is 10.2 Å². The Morgan fingerprint density at radius 3 is 2.40 bits per heavy atom. The van der Waals surface area contributed by atoms with Crippen molar-refractivity contribution >= 4 is 33.0 Å². The molecule has 0 radical (unpaired) electrons. The number of thiophene rings is 1. The number of benzene rings is 1. The van der Waals surface area contributed by atoms with Gasteiger partial charge in [0.05, 0.1) is 36.9 Å². The van der Waals surface area contributed by atoms with Crippen LogP contribution in [0.25, 0.3) is 0 Å². The van der Waals surface area contributed by atoms with Crippen molar-refractivity contribution in [1.82, 2.24) is 9.62 Å². The molecule has 30 heavy (non-hydrogen) atoms. The molecule has 0 aliphatic carbocycles. The molecule has 162 valence electrons. The molecule has 2 aromatic rings. The lowest BCUT2D eigenvalue weighted by Gasteiger charge is -2.31. The van der Waals surface area contributed by atoms with Gasteiger partial charge in [-0.2, -0.15) is 15.6 Å². The fourth-order valence-corrected chi connectivity index (χ4v) is 5.65. The maximum Gasteiger partial charge on any atom is 0.253 e. The Labute approximate surface area is 180 Å². The van der Waals surface area contributed by atoms with Gasteiger partial charge in [0.1, 0.15) is 0 Å². The van der Waals surface area contributed by atoms with Crippen LogP contribution in [-0.2, 0) is 26.0 Å². The first kappa shape index (κ1) is 21.3. The summed E-state index contributed by atoms with van der Waals surface area (Å²) in [7, 11) is -3.69. The SMILES string of the molecule is O=C(NCc1ccsc1)c1cc(S(=O)(=O)N2CCOCC2)ccc1N1CCOCC1. The van der Waals surface area contributed by atoms with Gasteiger partial charge in [0, 0.05) is 38.4 Å². The number of carbonyl (C=O) groups excluding carboxylic acids is 1. The summed E-state index contributed by atoms with van der Waals surface area (Å²) in [4.78, 5) is 15.3. The van der Waals surface area contributed by atoms with Crippen LogP contribution in [0.4, 0.5) is 5.69 Å². The van der Waals surface area contributed by atoms with Crippen LogP contribution in [0.2, 0.25) is 0 Å². The summed E-state index contributed by atoms with van der Waals surface area (Å²) in [5.74, 6) is -0.290. The summed E-state index contributed by atoms with van der Waals surface area (Å²) in [5.41, 5.74) is 2.10. The van der Waals surface area contributed by atoms with E-state index in [0.29, 0.717) is 64.7 Å². The van der Waals surface area contributed by atoms with Gasteiger partial charge >= 0.3 is 0 Å². The Morgan fingerprint density at radius 1 is 1.03 bits per heavy atom. The van der Waals surface area contributed by atoms with E-state index in [-0.39, 0.29) is 10.8 Å². The molecule has 8 nitrogen and oxygen atoms in total. The van der Waals surface area contributed by atoms with Gasteiger partial charge in [0.15, 0.2) is 0 Å². The zero-order valence-electron chi connectivity index (χ0n) is 16.6. The molecule has 2 aliphatic rings. The number of anilines is 1. The van der Waals surface area contributed by atoms with E-state index in [0.717, 1.165) is 11.3 Å². The lowest BCUT2D eigenvalue weighted by Crippen LogP contribution is -2.41. The molecule has 1 aromatic carbocycles. The second kappa shape index (κ2) is 9.44. The number of nitrogens with zero attached hydrogens (tertiary/aromatic N) is 2. The van der Waals surface area contributed by atoms with Gasteiger partial charge in [-0.1, -0.05) is 0 Å². The van der Waals surface area contributed by atoms with E-state index >= 15 is 0 Å². The molecule has 4 rings (SSSR count). The third-order valence-corrected chi connectivity index (χ3v) is 7.83. The monoisotopic (exact) mass is 451 g/mol. The van der Waals surface area contributed by atoms with Crippen LogP contribution in [0.15, 0.2) is 39.9 Å². The predicted molar refractivity (Wildman–Crippen MR) is 115 cm³/mol.